The van der Waals surface area contributed by atoms with E-state index in [4.69, 9.17) is 10.00 Å². The molecule has 1 aliphatic rings. The predicted molar refractivity (Wildman–Crippen MR) is 80.1 cm³/mol. The molecule has 1 heterocycles. The Bertz CT molecular complexity index is 587. The van der Waals surface area contributed by atoms with E-state index in [9.17, 15) is 9.18 Å². The maximum Gasteiger partial charge on any atom is 0.315 e. The largest absolute Gasteiger partial charge is 0.377 e. The number of urea groups is 1. The van der Waals surface area contributed by atoms with E-state index in [0.29, 0.717) is 25.3 Å². The topological polar surface area (TPSA) is 77.4 Å². The molecule has 2 rings (SSSR count). The number of hydrogen-bond donors (Lipinski definition) is 2. The van der Waals surface area contributed by atoms with E-state index in [-0.39, 0.29) is 23.7 Å². The van der Waals surface area contributed by atoms with Crippen LogP contribution in [0.5, 0.6) is 0 Å². The monoisotopic (exact) mass is 306 g/mol. The average molecular weight is 306 g/mol. The molecule has 0 aromatic heterocycles. The van der Waals surface area contributed by atoms with E-state index >= 15 is 0 Å². The first kappa shape index (κ1) is 16.0. The molecule has 2 atom stereocenters. The quantitative estimate of drug-likeness (QED) is 0.877. The maximum absolute atomic E-state index is 13.7. The van der Waals surface area contributed by atoms with Crippen molar-refractivity contribution in [1.29, 1.82) is 5.26 Å². The summed E-state index contributed by atoms with van der Waals surface area (Å²) in [5.74, 6) is -0.547. The number of anilines is 1. The summed E-state index contributed by atoms with van der Waals surface area (Å²) in [6, 6.07) is 5.92. The molecule has 0 spiro atoms. The van der Waals surface area contributed by atoms with Gasteiger partial charge in [-0.3, -0.25) is 0 Å². The van der Waals surface area contributed by atoms with Crippen molar-refractivity contribution in [2.45, 2.75) is 19.1 Å². The number of methoxy groups -OCH3 is 1. The number of rotatable bonds is 4. The Hall–Kier alpha value is -2.33. The van der Waals surface area contributed by atoms with E-state index in [1.54, 1.807) is 19.2 Å². The lowest BCUT2D eigenvalue weighted by Gasteiger charge is -2.20. The van der Waals surface area contributed by atoms with E-state index in [0.717, 1.165) is 0 Å². The number of halogens is 1. The third kappa shape index (κ3) is 3.28. The molecule has 0 unspecified atom stereocenters. The van der Waals surface area contributed by atoms with Crippen molar-refractivity contribution in [3.05, 3.63) is 29.6 Å². The molecule has 0 saturated carbocycles. The van der Waals surface area contributed by atoms with Crippen LogP contribution in [-0.4, -0.2) is 44.9 Å². The molecule has 1 saturated heterocycles. The summed E-state index contributed by atoms with van der Waals surface area (Å²) >= 11 is 0. The minimum Gasteiger partial charge on any atom is -0.377 e. The number of nitrogens with zero attached hydrogens (tertiary/aromatic N) is 2. The molecule has 2 N–H and O–H groups in total. The average Bonchev–Trinajstić information content (AvgIpc) is 2.90. The lowest BCUT2D eigenvalue weighted by atomic mass is 10.1. The first-order chi connectivity index (χ1) is 10.6. The number of hydrogen-bond acceptors (Lipinski definition) is 4. The molecule has 0 aliphatic carbocycles. The summed E-state index contributed by atoms with van der Waals surface area (Å²) in [5, 5.41) is 14.6. The molecule has 7 heteroatoms. The second-order valence-electron chi connectivity index (χ2n) is 5.04. The zero-order chi connectivity index (χ0) is 16.1. The lowest BCUT2D eigenvalue weighted by Crippen LogP contribution is -2.48. The minimum absolute atomic E-state index is 0.0102. The van der Waals surface area contributed by atoms with Gasteiger partial charge < -0.3 is 20.3 Å². The number of carbonyl (C=O) groups excluding carboxylic acids is 1. The molecule has 1 aromatic rings. The number of carbonyl (C=O) groups is 1. The summed E-state index contributed by atoms with van der Waals surface area (Å²) in [6.07, 6.45) is -0.225. The van der Waals surface area contributed by atoms with Crippen LogP contribution in [0.1, 0.15) is 12.5 Å². The highest BCUT2D eigenvalue weighted by Crippen LogP contribution is 2.27. The standard InChI is InChI=1S/C15H19FN4O2/c1-3-18-15(21)19-12-8-20(9-14(12)22-2)13-6-4-5-11(16)10(13)7-17/h4-6,12,14H,3,8-9H2,1-2H3,(H2,18,19,21)/t12-,14+/m1/s1. The van der Waals surface area contributed by atoms with Crippen LogP contribution in [0.25, 0.3) is 0 Å². The van der Waals surface area contributed by atoms with Gasteiger partial charge in [0.05, 0.1) is 17.8 Å². The van der Waals surface area contributed by atoms with Gasteiger partial charge in [-0.1, -0.05) is 6.07 Å². The molecule has 1 aliphatic heterocycles. The van der Waals surface area contributed by atoms with E-state index < -0.39 is 5.82 Å². The number of nitriles is 1. The first-order valence-corrected chi connectivity index (χ1v) is 7.11. The molecule has 1 fully saturated rings. The first-order valence-electron chi connectivity index (χ1n) is 7.11. The molecule has 22 heavy (non-hydrogen) atoms. The van der Waals surface area contributed by atoms with Crippen molar-refractivity contribution in [3.8, 4) is 6.07 Å². The zero-order valence-electron chi connectivity index (χ0n) is 12.6. The summed E-state index contributed by atoms with van der Waals surface area (Å²) in [4.78, 5) is 13.5. The van der Waals surface area contributed by atoms with Gasteiger partial charge in [0.1, 0.15) is 17.4 Å². The zero-order valence-corrected chi connectivity index (χ0v) is 12.6. The highest BCUT2D eigenvalue weighted by atomic mass is 19.1. The Balaban J connectivity index is 2.17. The van der Waals surface area contributed by atoms with Crippen LogP contribution in [0, 0.1) is 17.1 Å². The molecule has 1 aromatic carbocycles. The van der Waals surface area contributed by atoms with Crippen LogP contribution in [0.15, 0.2) is 18.2 Å². The van der Waals surface area contributed by atoms with Crippen LogP contribution in [0.4, 0.5) is 14.9 Å². The van der Waals surface area contributed by atoms with Crippen LogP contribution in [0.2, 0.25) is 0 Å². The van der Waals surface area contributed by atoms with Crippen molar-refractivity contribution in [2.75, 3.05) is 31.6 Å². The molecule has 6 nitrogen and oxygen atoms in total. The highest BCUT2D eigenvalue weighted by molar-refractivity contribution is 5.74. The second-order valence-corrected chi connectivity index (χ2v) is 5.04. The Morgan fingerprint density at radius 2 is 2.32 bits per heavy atom. The Labute approximate surface area is 128 Å². The molecular formula is C15H19FN4O2. The lowest BCUT2D eigenvalue weighted by molar-refractivity contribution is 0.0992. The summed E-state index contributed by atoms with van der Waals surface area (Å²) in [5.41, 5.74) is 0.528. The van der Waals surface area contributed by atoms with Crippen LogP contribution in [0.3, 0.4) is 0 Å². The number of nitrogens with one attached hydrogen (secondary N) is 2. The fraction of sp³-hybridized carbons (Fsp3) is 0.467. The molecule has 118 valence electrons. The van der Waals surface area contributed by atoms with Crippen molar-refractivity contribution in [1.82, 2.24) is 10.6 Å². The SMILES string of the molecule is CCNC(=O)N[C@@H]1CN(c2cccc(F)c2C#N)C[C@@H]1OC. The van der Waals surface area contributed by atoms with Gasteiger partial charge in [-0.15, -0.1) is 0 Å². The predicted octanol–water partition coefficient (Wildman–Crippen LogP) is 1.22. The van der Waals surface area contributed by atoms with Crippen LogP contribution in [-0.2, 0) is 4.74 Å². The fourth-order valence-corrected chi connectivity index (χ4v) is 2.62. The number of amides is 2. The van der Waals surface area contributed by atoms with Crippen molar-refractivity contribution in [2.24, 2.45) is 0 Å². The van der Waals surface area contributed by atoms with Gasteiger partial charge in [0, 0.05) is 26.7 Å². The second kappa shape index (κ2) is 7.09. The molecule has 0 bridgehead atoms. The third-order valence-electron chi connectivity index (χ3n) is 3.67. The Morgan fingerprint density at radius 3 is 2.95 bits per heavy atom. The van der Waals surface area contributed by atoms with Gasteiger partial charge in [0.15, 0.2) is 0 Å². The van der Waals surface area contributed by atoms with Gasteiger partial charge >= 0.3 is 6.03 Å². The maximum atomic E-state index is 13.7. The minimum atomic E-state index is -0.547. The van der Waals surface area contributed by atoms with Gasteiger partial charge in [0.25, 0.3) is 0 Å². The smallest absolute Gasteiger partial charge is 0.315 e. The van der Waals surface area contributed by atoms with Crippen molar-refractivity contribution < 1.29 is 13.9 Å². The van der Waals surface area contributed by atoms with Crippen molar-refractivity contribution in [3.63, 3.8) is 0 Å². The normalized spacial score (nSPS) is 20.5. The summed E-state index contributed by atoms with van der Waals surface area (Å²) in [6.45, 7) is 3.29. The Kier molecular flexibility index (Phi) is 5.17. The number of benzene rings is 1. The van der Waals surface area contributed by atoms with Gasteiger partial charge in [-0.05, 0) is 19.1 Å². The van der Waals surface area contributed by atoms with Crippen LogP contribution < -0.4 is 15.5 Å². The molecule has 0 radical (unpaired) electrons. The van der Waals surface area contributed by atoms with Crippen LogP contribution >= 0.6 is 0 Å². The summed E-state index contributed by atoms with van der Waals surface area (Å²) in [7, 11) is 1.57. The Morgan fingerprint density at radius 1 is 1.55 bits per heavy atom. The molecular weight excluding hydrogens is 287 g/mol. The van der Waals surface area contributed by atoms with E-state index in [2.05, 4.69) is 10.6 Å². The van der Waals surface area contributed by atoms with Gasteiger partial charge in [0.2, 0.25) is 0 Å². The highest BCUT2D eigenvalue weighted by Gasteiger charge is 2.35. The third-order valence-corrected chi connectivity index (χ3v) is 3.67. The van der Waals surface area contributed by atoms with Gasteiger partial charge in [-0.25, -0.2) is 9.18 Å². The van der Waals surface area contributed by atoms with Gasteiger partial charge in [-0.2, -0.15) is 5.26 Å². The summed E-state index contributed by atoms with van der Waals surface area (Å²) < 4.78 is 19.1. The van der Waals surface area contributed by atoms with Crippen molar-refractivity contribution >= 4 is 11.7 Å². The number of ether oxygens (including phenoxy) is 1. The fourth-order valence-electron chi connectivity index (χ4n) is 2.62. The van der Waals surface area contributed by atoms with E-state index in [1.807, 2.05) is 17.9 Å². The molecule has 2 amide bonds. The van der Waals surface area contributed by atoms with E-state index in [1.165, 1.54) is 6.07 Å².